The third-order valence-electron chi connectivity index (χ3n) is 2.47. The summed E-state index contributed by atoms with van der Waals surface area (Å²) < 4.78 is 23.9. The van der Waals surface area contributed by atoms with Crippen LogP contribution in [0.3, 0.4) is 0 Å². The number of hydrogen-bond donors (Lipinski definition) is 0. The number of esters is 2. The van der Waals surface area contributed by atoms with Crippen molar-refractivity contribution < 1.29 is 23.5 Å². The van der Waals surface area contributed by atoms with Gasteiger partial charge < -0.3 is 9.47 Å². The number of rotatable bonds is 6. The number of benzene rings is 1. The molecule has 0 aliphatic carbocycles. The Kier molecular flexibility index (Phi) is 5.90. The first-order valence-electron chi connectivity index (χ1n) is 6.36. The maximum atomic E-state index is 14.0. The summed E-state index contributed by atoms with van der Waals surface area (Å²) in [6.07, 6.45) is 2.23. The van der Waals surface area contributed by atoms with Gasteiger partial charge in [0.1, 0.15) is 0 Å². The molecular weight excluding hydrogens is 263 g/mol. The van der Waals surface area contributed by atoms with E-state index in [1.165, 1.54) is 12.1 Å². The number of carbonyl (C=O) groups is 2. The SMILES string of the molecule is C=CCc1cc(F)c(OC(=O)CC)c(OC(=O)CC)c1. The standard InChI is InChI=1S/C15H17FO4/c1-4-7-10-8-11(16)15(20-14(18)6-3)12(9-10)19-13(17)5-2/h4,8-9H,1,5-7H2,2-3H3. The van der Waals surface area contributed by atoms with E-state index >= 15 is 0 Å². The smallest absolute Gasteiger partial charge is 0.311 e. The molecule has 0 unspecified atom stereocenters. The van der Waals surface area contributed by atoms with Crippen LogP contribution in [0.15, 0.2) is 24.8 Å². The Labute approximate surface area is 117 Å². The molecule has 0 radical (unpaired) electrons. The van der Waals surface area contributed by atoms with E-state index in [0.717, 1.165) is 0 Å². The molecule has 1 aromatic rings. The maximum Gasteiger partial charge on any atom is 0.311 e. The molecule has 0 bridgehead atoms. The van der Waals surface area contributed by atoms with Crippen molar-refractivity contribution >= 4 is 11.9 Å². The summed E-state index contributed by atoms with van der Waals surface area (Å²) >= 11 is 0. The summed E-state index contributed by atoms with van der Waals surface area (Å²) in [6.45, 7) is 6.76. The highest BCUT2D eigenvalue weighted by molar-refractivity contribution is 5.76. The van der Waals surface area contributed by atoms with Crippen molar-refractivity contribution in [3.05, 3.63) is 36.2 Å². The van der Waals surface area contributed by atoms with Crippen molar-refractivity contribution in [2.45, 2.75) is 33.1 Å². The molecule has 0 aliphatic heterocycles. The van der Waals surface area contributed by atoms with Crippen molar-refractivity contribution in [2.75, 3.05) is 0 Å². The number of halogens is 1. The van der Waals surface area contributed by atoms with E-state index in [1.807, 2.05) is 0 Å². The van der Waals surface area contributed by atoms with Gasteiger partial charge in [-0.2, -0.15) is 0 Å². The summed E-state index contributed by atoms with van der Waals surface area (Å²) in [7, 11) is 0. The molecule has 108 valence electrons. The van der Waals surface area contributed by atoms with Crippen molar-refractivity contribution in [3.8, 4) is 11.5 Å². The summed E-state index contributed by atoms with van der Waals surface area (Å²) in [5.41, 5.74) is 0.577. The van der Waals surface area contributed by atoms with Gasteiger partial charge in [0, 0.05) is 12.8 Å². The molecule has 0 N–H and O–H groups in total. The maximum absolute atomic E-state index is 14.0. The average Bonchev–Trinajstić information content (AvgIpc) is 2.42. The normalized spacial score (nSPS) is 9.95. The Bertz CT molecular complexity index is 523. The van der Waals surface area contributed by atoms with Crippen LogP contribution in [-0.4, -0.2) is 11.9 Å². The Morgan fingerprint density at radius 1 is 1.20 bits per heavy atom. The zero-order valence-electron chi connectivity index (χ0n) is 11.6. The first-order chi connectivity index (χ1) is 9.51. The van der Waals surface area contributed by atoms with Gasteiger partial charge in [-0.3, -0.25) is 9.59 Å². The second-order valence-electron chi connectivity index (χ2n) is 4.05. The second-order valence-corrected chi connectivity index (χ2v) is 4.05. The van der Waals surface area contributed by atoms with Gasteiger partial charge in [-0.05, 0) is 24.1 Å². The van der Waals surface area contributed by atoms with Crippen LogP contribution in [0.2, 0.25) is 0 Å². The van der Waals surface area contributed by atoms with Crippen molar-refractivity contribution in [3.63, 3.8) is 0 Å². The summed E-state index contributed by atoms with van der Waals surface area (Å²) in [5.74, 6) is -2.32. The van der Waals surface area contributed by atoms with Crippen LogP contribution in [-0.2, 0) is 16.0 Å². The van der Waals surface area contributed by atoms with Gasteiger partial charge in [0.05, 0.1) is 0 Å². The lowest BCUT2D eigenvalue weighted by molar-refractivity contribution is -0.137. The number of carbonyl (C=O) groups excluding carboxylic acids is 2. The van der Waals surface area contributed by atoms with Gasteiger partial charge in [-0.15, -0.1) is 6.58 Å². The largest absolute Gasteiger partial charge is 0.422 e. The van der Waals surface area contributed by atoms with Gasteiger partial charge in [0.15, 0.2) is 11.6 Å². The highest BCUT2D eigenvalue weighted by atomic mass is 19.1. The van der Waals surface area contributed by atoms with E-state index in [4.69, 9.17) is 9.47 Å². The molecule has 0 amide bonds. The molecule has 1 aromatic carbocycles. The van der Waals surface area contributed by atoms with Crippen LogP contribution in [0.4, 0.5) is 4.39 Å². The van der Waals surface area contributed by atoms with Crippen molar-refractivity contribution in [1.29, 1.82) is 0 Å². The molecule has 4 nitrogen and oxygen atoms in total. The van der Waals surface area contributed by atoms with Crippen LogP contribution < -0.4 is 9.47 Å². The molecule has 1 rings (SSSR count). The minimum Gasteiger partial charge on any atom is -0.422 e. The van der Waals surface area contributed by atoms with E-state index in [1.54, 1.807) is 19.9 Å². The molecule has 0 aromatic heterocycles. The third kappa shape index (κ3) is 4.19. The molecule has 0 spiro atoms. The quantitative estimate of drug-likeness (QED) is 0.456. The van der Waals surface area contributed by atoms with E-state index in [2.05, 4.69) is 6.58 Å². The number of hydrogen-bond acceptors (Lipinski definition) is 4. The van der Waals surface area contributed by atoms with Gasteiger partial charge in [0.2, 0.25) is 5.75 Å². The fraction of sp³-hybridized carbons (Fsp3) is 0.333. The van der Waals surface area contributed by atoms with Crippen LogP contribution >= 0.6 is 0 Å². The lowest BCUT2D eigenvalue weighted by atomic mass is 10.1. The second kappa shape index (κ2) is 7.43. The van der Waals surface area contributed by atoms with Gasteiger partial charge in [0.25, 0.3) is 0 Å². The Hall–Kier alpha value is -2.17. The highest BCUT2D eigenvalue weighted by Gasteiger charge is 2.18. The molecule has 0 saturated carbocycles. The minimum absolute atomic E-state index is 0.0875. The molecule has 0 heterocycles. The van der Waals surface area contributed by atoms with Gasteiger partial charge in [-0.1, -0.05) is 19.9 Å². The third-order valence-corrected chi connectivity index (χ3v) is 2.47. The Balaban J connectivity index is 3.20. The molecule has 0 atom stereocenters. The zero-order valence-corrected chi connectivity index (χ0v) is 11.6. The first-order valence-corrected chi connectivity index (χ1v) is 6.36. The summed E-state index contributed by atoms with van der Waals surface area (Å²) in [5, 5.41) is 0. The number of allylic oxidation sites excluding steroid dienone is 1. The van der Waals surface area contributed by atoms with Crippen LogP contribution in [0.5, 0.6) is 11.5 Å². The lowest BCUT2D eigenvalue weighted by Gasteiger charge is -2.12. The average molecular weight is 280 g/mol. The zero-order chi connectivity index (χ0) is 15.1. The van der Waals surface area contributed by atoms with E-state index in [9.17, 15) is 14.0 Å². The monoisotopic (exact) mass is 280 g/mol. The van der Waals surface area contributed by atoms with Crippen LogP contribution in [0.25, 0.3) is 0 Å². The molecule has 0 fully saturated rings. The van der Waals surface area contributed by atoms with E-state index < -0.39 is 17.8 Å². The predicted molar refractivity (Wildman–Crippen MR) is 72.2 cm³/mol. The predicted octanol–water partition coefficient (Wildman–Crippen LogP) is 3.19. The van der Waals surface area contributed by atoms with E-state index in [0.29, 0.717) is 12.0 Å². The summed E-state index contributed by atoms with van der Waals surface area (Å²) in [4.78, 5) is 22.7. The van der Waals surface area contributed by atoms with Crippen LogP contribution in [0.1, 0.15) is 32.3 Å². The van der Waals surface area contributed by atoms with Gasteiger partial charge >= 0.3 is 11.9 Å². The molecule has 5 heteroatoms. The Morgan fingerprint density at radius 2 is 1.80 bits per heavy atom. The fourth-order valence-electron chi connectivity index (χ4n) is 1.46. The number of ether oxygens (including phenoxy) is 2. The molecule has 0 aliphatic rings. The summed E-state index contributed by atoms with van der Waals surface area (Å²) in [6, 6.07) is 2.69. The van der Waals surface area contributed by atoms with Crippen molar-refractivity contribution in [2.24, 2.45) is 0 Å². The first kappa shape index (κ1) is 15.9. The van der Waals surface area contributed by atoms with Gasteiger partial charge in [-0.25, -0.2) is 4.39 Å². The highest BCUT2D eigenvalue weighted by Crippen LogP contribution is 2.33. The molecular formula is C15H17FO4. The Morgan fingerprint density at radius 3 is 2.35 bits per heavy atom. The fourth-order valence-corrected chi connectivity index (χ4v) is 1.46. The van der Waals surface area contributed by atoms with Crippen molar-refractivity contribution in [1.82, 2.24) is 0 Å². The van der Waals surface area contributed by atoms with Crippen LogP contribution in [0, 0.1) is 5.82 Å². The topological polar surface area (TPSA) is 52.6 Å². The lowest BCUT2D eigenvalue weighted by Crippen LogP contribution is -2.12. The van der Waals surface area contributed by atoms with E-state index in [-0.39, 0.29) is 24.3 Å². The molecule has 20 heavy (non-hydrogen) atoms. The minimum atomic E-state index is -0.745. The molecule has 0 saturated heterocycles.